The van der Waals surface area contributed by atoms with Gasteiger partial charge in [-0.3, -0.25) is 9.59 Å². The number of benzene rings is 1. The highest BCUT2D eigenvalue weighted by atomic mass is 32.2. The molecule has 0 saturated carbocycles. The maximum Gasteiger partial charge on any atom is 0.307 e. The molecule has 1 aromatic heterocycles. The second-order valence-electron chi connectivity index (χ2n) is 4.91. The Morgan fingerprint density at radius 1 is 1.19 bits per heavy atom. The van der Waals surface area contributed by atoms with Gasteiger partial charge in [0.2, 0.25) is 10.0 Å². The lowest BCUT2D eigenvalue weighted by Gasteiger charge is -2.08. The third-order valence-electron chi connectivity index (χ3n) is 2.95. The average Bonchev–Trinajstić information content (AvgIpc) is 3.12. The first-order chi connectivity index (χ1) is 12.3. The molecular formula is C15H14F2N2O5S2. The topological polar surface area (TPSA) is 102 Å². The molecule has 0 fully saturated rings. The number of carbonyl (C=O) groups is 2. The van der Waals surface area contributed by atoms with Gasteiger partial charge in [0.25, 0.3) is 5.91 Å². The highest BCUT2D eigenvalue weighted by Gasteiger charge is 2.16. The van der Waals surface area contributed by atoms with Gasteiger partial charge in [-0.15, -0.1) is 11.3 Å². The van der Waals surface area contributed by atoms with Crippen LogP contribution in [-0.4, -0.2) is 33.4 Å². The summed E-state index contributed by atoms with van der Waals surface area (Å²) in [5, 5.41) is 3.66. The number of carbonyl (C=O) groups excluding carboxylic acids is 2. The Bertz CT molecular complexity index is 885. The van der Waals surface area contributed by atoms with Crippen LogP contribution in [0.1, 0.15) is 6.42 Å². The molecule has 140 valence electrons. The zero-order chi connectivity index (χ0) is 19.2. The molecule has 0 aliphatic carbocycles. The van der Waals surface area contributed by atoms with Crippen molar-refractivity contribution in [3.63, 3.8) is 0 Å². The monoisotopic (exact) mass is 404 g/mol. The minimum atomic E-state index is -3.69. The molecule has 0 unspecified atom stereocenters. The molecular weight excluding hydrogens is 390 g/mol. The van der Waals surface area contributed by atoms with E-state index in [4.69, 9.17) is 0 Å². The lowest BCUT2D eigenvalue weighted by Crippen LogP contribution is -2.27. The maximum atomic E-state index is 13.4. The summed E-state index contributed by atoms with van der Waals surface area (Å²) in [7, 11) is -3.69. The molecule has 0 aliphatic rings. The Kier molecular flexibility index (Phi) is 6.77. The van der Waals surface area contributed by atoms with Gasteiger partial charge < -0.3 is 10.1 Å². The van der Waals surface area contributed by atoms with Crippen LogP contribution >= 0.6 is 11.3 Å². The fourth-order valence-corrected chi connectivity index (χ4v) is 3.84. The Balaban J connectivity index is 1.73. The summed E-state index contributed by atoms with van der Waals surface area (Å²) < 4.78 is 57.0. The minimum absolute atomic E-state index is 0.113. The van der Waals surface area contributed by atoms with Gasteiger partial charge in [0.05, 0.1) is 12.1 Å². The van der Waals surface area contributed by atoms with Gasteiger partial charge in [-0.25, -0.2) is 21.9 Å². The zero-order valence-corrected chi connectivity index (χ0v) is 14.8. The SMILES string of the molecule is O=C(COC(=O)CCNS(=O)(=O)c1cccs1)Nc1cc(F)ccc1F. The van der Waals surface area contributed by atoms with E-state index in [1.54, 1.807) is 11.4 Å². The van der Waals surface area contributed by atoms with Crippen molar-refractivity contribution >= 4 is 38.9 Å². The van der Waals surface area contributed by atoms with Gasteiger partial charge in [0.15, 0.2) is 6.61 Å². The van der Waals surface area contributed by atoms with Crippen LogP contribution in [0.4, 0.5) is 14.5 Å². The van der Waals surface area contributed by atoms with Crippen LogP contribution in [0, 0.1) is 11.6 Å². The van der Waals surface area contributed by atoms with E-state index in [9.17, 15) is 26.8 Å². The molecule has 0 radical (unpaired) electrons. The number of amides is 1. The lowest BCUT2D eigenvalue weighted by atomic mass is 10.3. The molecule has 0 spiro atoms. The zero-order valence-electron chi connectivity index (χ0n) is 13.2. The van der Waals surface area contributed by atoms with Crippen molar-refractivity contribution < 1.29 is 31.5 Å². The third kappa shape index (κ3) is 5.86. The fraction of sp³-hybridized carbons (Fsp3) is 0.200. The standard InChI is InChI=1S/C15H14F2N2O5S2/c16-10-3-4-11(17)12(8-10)19-13(20)9-24-14(21)5-6-18-26(22,23)15-2-1-7-25-15/h1-4,7-8,18H,5-6,9H2,(H,19,20). The second-order valence-corrected chi connectivity index (χ2v) is 7.85. The van der Waals surface area contributed by atoms with Crippen LogP contribution in [-0.2, 0) is 24.3 Å². The number of esters is 1. The third-order valence-corrected chi connectivity index (χ3v) is 5.81. The normalized spacial score (nSPS) is 11.2. The Labute approximate surface area is 152 Å². The van der Waals surface area contributed by atoms with Crippen LogP contribution in [0.25, 0.3) is 0 Å². The van der Waals surface area contributed by atoms with E-state index in [2.05, 4.69) is 14.8 Å². The van der Waals surface area contributed by atoms with Gasteiger partial charge in [0.1, 0.15) is 15.8 Å². The van der Waals surface area contributed by atoms with E-state index in [1.807, 2.05) is 0 Å². The highest BCUT2D eigenvalue weighted by molar-refractivity contribution is 7.91. The van der Waals surface area contributed by atoms with Crippen molar-refractivity contribution in [3.05, 3.63) is 47.3 Å². The number of hydrogen-bond donors (Lipinski definition) is 2. The summed E-state index contributed by atoms with van der Waals surface area (Å²) >= 11 is 1.03. The van der Waals surface area contributed by atoms with Crippen molar-refractivity contribution in [2.75, 3.05) is 18.5 Å². The summed E-state index contributed by atoms with van der Waals surface area (Å²) in [6.07, 6.45) is -0.299. The Hall–Kier alpha value is -2.37. The molecule has 26 heavy (non-hydrogen) atoms. The van der Waals surface area contributed by atoms with Crippen LogP contribution in [0.3, 0.4) is 0 Å². The molecule has 2 aromatic rings. The number of sulfonamides is 1. The van der Waals surface area contributed by atoms with Crippen molar-refractivity contribution in [3.8, 4) is 0 Å². The molecule has 0 atom stereocenters. The van der Waals surface area contributed by atoms with Gasteiger partial charge in [-0.1, -0.05) is 6.07 Å². The first-order valence-electron chi connectivity index (χ1n) is 7.21. The summed E-state index contributed by atoms with van der Waals surface area (Å²) in [5.41, 5.74) is -0.380. The molecule has 2 N–H and O–H groups in total. The first kappa shape index (κ1) is 19.9. The van der Waals surface area contributed by atoms with Gasteiger partial charge in [0, 0.05) is 12.6 Å². The van der Waals surface area contributed by atoms with Crippen LogP contribution in [0.2, 0.25) is 0 Å². The van der Waals surface area contributed by atoms with E-state index < -0.39 is 40.1 Å². The van der Waals surface area contributed by atoms with Crippen molar-refractivity contribution in [2.24, 2.45) is 0 Å². The van der Waals surface area contributed by atoms with Gasteiger partial charge in [-0.05, 0) is 23.6 Å². The highest BCUT2D eigenvalue weighted by Crippen LogP contribution is 2.16. The predicted molar refractivity (Wildman–Crippen MR) is 90.1 cm³/mol. The smallest absolute Gasteiger partial charge is 0.307 e. The van der Waals surface area contributed by atoms with Gasteiger partial charge in [-0.2, -0.15) is 0 Å². The van der Waals surface area contributed by atoms with E-state index >= 15 is 0 Å². The fourth-order valence-electron chi connectivity index (χ4n) is 1.77. The first-order valence-corrected chi connectivity index (χ1v) is 9.58. The number of rotatable bonds is 8. The molecule has 0 aliphatic heterocycles. The maximum absolute atomic E-state index is 13.4. The van der Waals surface area contributed by atoms with Crippen LogP contribution in [0.5, 0.6) is 0 Å². The van der Waals surface area contributed by atoms with Gasteiger partial charge >= 0.3 is 5.97 Å². The number of anilines is 1. The summed E-state index contributed by atoms with van der Waals surface area (Å²) in [4.78, 5) is 23.1. The Morgan fingerprint density at radius 2 is 1.96 bits per heavy atom. The van der Waals surface area contributed by atoms with E-state index in [0.29, 0.717) is 0 Å². The second kappa shape index (κ2) is 8.83. The predicted octanol–water partition coefficient (Wildman–Crippen LogP) is 1.88. The van der Waals surface area contributed by atoms with E-state index in [0.717, 1.165) is 29.5 Å². The summed E-state index contributed by atoms with van der Waals surface area (Å²) in [5.74, 6) is -3.26. The number of hydrogen-bond acceptors (Lipinski definition) is 6. The quantitative estimate of drug-likeness (QED) is 0.654. The number of nitrogens with one attached hydrogen (secondary N) is 2. The molecule has 7 nitrogen and oxygen atoms in total. The van der Waals surface area contributed by atoms with Crippen molar-refractivity contribution in [1.82, 2.24) is 4.72 Å². The molecule has 1 amide bonds. The average molecular weight is 404 g/mol. The van der Waals surface area contributed by atoms with Crippen LogP contribution < -0.4 is 10.0 Å². The largest absolute Gasteiger partial charge is 0.456 e. The molecule has 1 heterocycles. The number of halogens is 2. The molecule has 0 bridgehead atoms. The molecule has 2 rings (SSSR count). The summed E-state index contributed by atoms with van der Waals surface area (Å²) in [6.45, 7) is -0.925. The molecule has 1 aromatic carbocycles. The van der Waals surface area contributed by atoms with Crippen molar-refractivity contribution in [1.29, 1.82) is 0 Å². The number of thiophene rings is 1. The van der Waals surface area contributed by atoms with Crippen LogP contribution in [0.15, 0.2) is 39.9 Å². The van der Waals surface area contributed by atoms with E-state index in [1.165, 1.54) is 6.07 Å². The van der Waals surface area contributed by atoms with E-state index in [-0.39, 0.29) is 22.9 Å². The lowest BCUT2D eigenvalue weighted by molar-refractivity contribution is -0.147. The minimum Gasteiger partial charge on any atom is -0.456 e. The van der Waals surface area contributed by atoms with Crippen molar-refractivity contribution in [2.45, 2.75) is 10.6 Å². The Morgan fingerprint density at radius 3 is 2.65 bits per heavy atom. The molecule has 0 saturated heterocycles. The summed E-state index contributed by atoms with van der Waals surface area (Å²) in [6, 6.07) is 5.52. The molecule has 11 heteroatoms. The number of ether oxygens (including phenoxy) is 1.